The molecule has 0 radical (unpaired) electrons. The van der Waals surface area contributed by atoms with E-state index in [9.17, 15) is 0 Å². The standard InChI is InChI=1S/C17H17ClN4/c1-11-20-21-12(2)22(11)16-10-14(18)8-9-15(16)17(19)13-6-4-3-5-7-13/h3-10,17H,19H2,1-2H3. The molecular weight excluding hydrogens is 296 g/mol. The molecule has 2 aromatic carbocycles. The maximum atomic E-state index is 6.48. The zero-order valence-corrected chi connectivity index (χ0v) is 13.2. The molecule has 0 saturated carbocycles. The van der Waals surface area contributed by atoms with Crippen molar-refractivity contribution in [1.29, 1.82) is 0 Å². The molecule has 0 aliphatic carbocycles. The Kier molecular flexibility index (Phi) is 3.96. The zero-order valence-electron chi connectivity index (χ0n) is 12.5. The van der Waals surface area contributed by atoms with Gasteiger partial charge in [0.05, 0.1) is 11.7 Å². The van der Waals surface area contributed by atoms with Crippen molar-refractivity contribution >= 4 is 11.6 Å². The van der Waals surface area contributed by atoms with Gasteiger partial charge in [-0.15, -0.1) is 10.2 Å². The van der Waals surface area contributed by atoms with Crippen LogP contribution in [0, 0.1) is 13.8 Å². The lowest BCUT2D eigenvalue weighted by atomic mass is 9.98. The normalized spacial score (nSPS) is 12.4. The van der Waals surface area contributed by atoms with Gasteiger partial charge in [-0.05, 0) is 37.1 Å². The molecule has 0 spiro atoms. The van der Waals surface area contributed by atoms with Crippen molar-refractivity contribution in [1.82, 2.24) is 14.8 Å². The first-order chi connectivity index (χ1) is 10.6. The summed E-state index contributed by atoms with van der Waals surface area (Å²) < 4.78 is 1.98. The molecule has 22 heavy (non-hydrogen) atoms. The maximum Gasteiger partial charge on any atom is 0.134 e. The first-order valence-corrected chi connectivity index (χ1v) is 7.44. The highest BCUT2D eigenvalue weighted by Gasteiger charge is 2.17. The van der Waals surface area contributed by atoms with Gasteiger partial charge < -0.3 is 5.73 Å². The molecule has 0 saturated heterocycles. The fourth-order valence-electron chi connectivity index (χ4n) is 2.63. The molecule has 0 bridgehead atoms. The lowest BCUT2D eigenvalue weighted by molar-refractivity contribution is 0.834. The smallest absolute Gasteiger partial charge is 0.134 e. The lowest BCUT2D eigenvalue weighted by Crippen LogP contribution is -2.15. The van der Waals surface area contributed by atoms with Crippen molar-refractivity contribution in [3.05, 3.63) is 76.3 Å². The summed E-state index contributed by atoms with van der Waals surface area (Å²) in [5.74, 6) is 1.61. The summed E-state index contributed by atoms with van der Waals surface area (Å²) in [6, 6.07) is 15.5. The number of benzene rings is 2. The summed E-state index contributed by atoms with van der Waals surface area (Å²) in [6.45, 7) is 3.83. The van der Waals surface area contributed by atoms with E-state index in [-0.39, 0.29) is 6.04 Å². The van der Waals surface area contributed by atoms with Crippen LogP contribution in [0.3, 0.4) is 0 Å². The number of hydrogen-bond donors (Lipinski definition) is 1. The van der Waals surface area contributed by atoms with Crippen LogP contribution in [0.1, 0.15) is 28.8 Å². The number of nitrogens with zero attached hydrogens (tertiary/aromatic N) is 3. The van der Waals surface area contributed by atoms with E-state index < -0.39 is 0 Å². The van der Waals surface area contributed by atoms with Crippen LogP contribution in [0.4, 0.5) is 0 Å². The molecule has 1 atom stereocenters. The molecule has 112 valence electrons. The van der Waals surface area contributed by atoms with Crippen molar-refractivity contribution in [3.63, 3.8) is 0 Å². The van der Waals surface area contributed by atoms with Crippen molar-refractivity contribution in [2.45, 2.75) is 19.9 Å². The van der Waals surface area contributed by atoms with Crippen LogP contribution in [0.25, 0.3) is 5.69 Å². The third-order valence-electron chi connectivity index (χ3n) is 3.71. The highest BCUT2D eigenvalue weighted by molar-refractivity contribution is 6.30. The van der Waals surface area contributed by atoms with Gasteiger partial charge in [0, 0.05) is 5.02 Å². The molecule has 2 N–H and O–H groups in total. The Hall–Kier alpha value is -2.17. The molecule has 1 unspecified atom stereocenters. The topological polar surface area (TPSA) is 56.7 Å². The van der Waals surface area contributed by atoms with E-state index in [4.69, 9.17) is 17.3 Å². The Bertz CT molecular complexity index is 776. The van der Waals surface area contributed by atoms with Crippen LogP contribution in [-0.2, 0) is 0 Å². The zero-order chi connectivity index (χ0) is 15.7. The fraction of sp³-hybridized carbons (Fsp3) is 0.176. The monoisotopic (exact) mass is 312 g/mol. The van der Waals surface area contributed by atoms with E-state index >= 15 is 0 Å². The number of halogens is 1. The Balaban J connectivity index is 2.17. The molecule has 0 amide bonds. The van der Waals surface area contributed by atoms with Crippen LogP contribution < -0.4 is 5.73 Å². The summed E-state index contributed by atoms with van der Waals surface area (Å²) in [5, 5.41) is 8.91. The van der Waals surface area contributed by atoms with Crippen LogP contribution in [0.15, 0.2) is 48.5 Å². The average molecular weight is 313 g/mol. The second-order valence-corrected chi connectivity index (χ2v) is 5.66. The van der Waals surface area contributed by atoms with Crippen LogP contribution in [-0.4, -0.2) is 14.8 Å². The number of aromatic nitrogens is 3. The highest BCUT2D eigenvalue weighted by atomic mass is 35.5. The van der Waals surface area contributed by atoms with Crippen molar-refractivity contribution in [2.75, 3.05) is 0 Å². The first kappa shape index (κ1) is 14.8. The molecule has 0 fully saturated rings. The van der Waals surface area contributed by atoms with Crippen LogP contribution >= 0.6 is 11.6 Å². The van der Waals surface area contributed by atoms with E-state index in [0.717, 1.165) is 28.5 Å². The van der Waals surface area contributed by atoms with Crippen molar-refractivity contribution in [2.24, 2.45) is 5.73 Å². The minimum Gasteiger partial charge on any atom is -0.320 e. The number of nitrogens with two attached hydrogens (primary N) is 1. The predicted octanol–water partition coefficient (Wildman–Crippen LogP) is 3.59. The number of hydrogen-bond acceptors (Lipinski definition) is 3. The van der Waals surface area contributed by atoms with Gasteiger partial charge >= 0.3 is 0 Å². The van der Waals surface area contributed by atoms with Gasteiger partial charge in [0.1, 0.15) is 11.6 Å². The van der Waals surface area contributed by atoms with E-state index in [1.807, 2.05) is 66.9 Å². The molecule has 5 heteroatoms. The third kappa shape index (κ3) is 2.63. The van der Waals surface area contributed by atoms with E-state index in [2.05, 4.69) is 10.2 Å². The van der Waals surface area contributed by atoms with Crippen molar-refractivity contribution in [3.8, 4) is 5.69 Å². The summed E-state index contributed by atoms with van der Waals surface area (Å²) in [5.41, 5.74) is 9.43. The van der Waals surface area contributed by atoms with E-state index in [1.165, 1.54) is 0 Å². The molecular formula is C17H17ClN4. The molecule has 4 nitrogen and oxygen atoms in total. The molecule has 3 rings (SSSR count). The summed E-state index contributed by atoms with van der Waals surface area (Å²) in [4.78, 5) is 0. The molecule has 0 aliphatic rings. The van der Waals surface area contributed by atoms with Crippen LogP contribution in [0.5, 0.6) is 0 Å². The quantitative estimate of drug-likeness (QED) is 0.804. The van der Waals surface area contributed by atoms with Gasteiger partial charge in [-0.1, -0.05) is 48.0 Å². The van der Waals surface area contributed by atoms with Gasteiger partial charge in [0.2, 0.25) is 0 Å². The minimum atomic E-state index is -0.241. The van der Waals surface area contributed by atoms with Crippen molar-refractivity contribution < 1.29 is 0 Å². The van der Waals surface area contributed by atoms with Gasteiger partial charge in [-0.25, -0.2) is 0 Å². The summed E-state index contributed by atoms with van der Waals surface area (Å²) in [7, 11) is 0. The Morgan fingerprint density at radius 2 is 1.64 bits per heavy atom. The van der Waals surface area contributed by atoms with Gasteiger partial charge in [0.15, 0.2) is 0 Å². The van der Waals surface area contributed by atoms with E-state index in [0.29, 0.717) is 5.02 Å². The molecule has 1 heterocycles. The molecule has 3 aromatic rings. The minimum absolute atomic E-state index is 0.241. The first-order valence-electron chi connectivity index (χ1n) is 7.07. The molecule has 0 aliphatic heterocycles. The lowest BCUT2D eigenvalue weighted by Gasteiger charge is -2.19. The summed E-state index contributed by atoms with van der Waals surface area (Å²) in [6.07, 6.45) is 0. The third-order valence-corrected chi connectivity index (χ3v) is 3.95. The Labute approximate surface area is 134 Å². The average Bonchev–Trinajstić information content (AvgIpc) is 2.86. The Morgan fingerprint density at radius 1 is 1.00 bits per heavy atom. The number of rotatable bonds is 3. The SMILES string of the molecule is Cc1nnc(C)n1-c1cc(Cl)ccc1C(N)c1ccccc1. The number of aryl methyl sites for hydroxylation is 2. The maximum absolute atomic E-state index is 6.48. The van der Waals surface area contributed by atoms with Gasteiger partial charge in [0.25, 0.3) is 0 Å². The van der Waals surface area contributed by atoms with Gasteiger partial charge in [-0.2, -0.15) is 0 Å². The second-order valence-electron chi connectivity index (χ2n) is 5.22. The van der Waals surface area contributed by atoms with Crippen LogP contribution in [0.2, 0.25) is 5.02 Å². The predicted molar refractivity (Wildman–Crippen MR) is 88.3 cm³/mol. The fourth-order valence-corrected chi connectivity index (χ4v) is 2.80. The Morgan fingerprint density at radius 3 is 2.27 bits per heavy atom. The van der Waals surface area contributed by atoms with Gasteiger partial charge in [-0.3, -0.25) is 4.57 Å². The van der Waals surface area contributed by atoms with E-state index in [1.54, 1.807) is 0 Å². The highest BCUT2D eigenvalue weighted by Crippen LogP contribution is 2.29. The largest absolute Gasteiger partial charge is 0.320 e. The second kappa shape index (κ2) is 5.91. The summed E-state index contributed by atoms with van der Waals surface area (Å²) >= 11 is 6.19. The molecule has 1 aromatic heterocycles.